The van der Waals surface area contributed by atoms with E-state index in [1.54, 1.807) is 17.7 Å². The molecule has 1 heterocycles. The molecule has 0 saturated carbocycles. The van der Waals surface area contributed by atoms with E-state index in [0.717, 1.165) is 5.69 Å². The molecular weight excluding hydrogens is 206 g/mol. The van der Waals surface area contributed by atoms with Gasteiger partial charge in [0, 0.05) is 24.7 Å². The van der Waals surface area contributed by atoms with Crippen molar-refractivity contribution in [2.45, 2.75) is 32.6 Å². The zero-order valence-corrected chi connectivity index (χ0v) is 9.86. The van der Waals surface area contributed by atoms with Gasteiger partial charge in [0.2, 0.25) is 0 Å². The number of carboxylic acid groups (broad SMARTS) is 1. The number of nitrogens with zero attached hydrogens (tertiary/aromatic N) is 1. The van der Waals surface area contributed by atoms with Crippen molar-refractivity contribution >= 4 is 5.97 Å². The van der Waals surface area contributed by atoms with Gasteiger partial charge in [-0.2, -0.15) is 0 Å². The number of hydrogen-bond acceptors (Lipinski definition) is 2. The molecule has 0 aliphatic heterocycles. The van der Waals surface area contributed by atoms with E-state index >= 15 is 0 Å². The molecule has 0 aromatic carbocycles. The monoisotopic (exact) mass is 223 g/mol. The third-order valence-electron chi connectivity index (χ3n) is 2.62. The molecule has 0 bridgehead atoms. The topological polar surface area (TPSA) is 59.3 Å². The van der Waals surface area contributed by atoms with Gasteiger partial charge in [-0.25, -0.2) is 0 Å². The van der Waals surface area contributed by atoms with Crippen molar-refractivity contribution < 1.29 is 9.90 Å². The molecule has 16 heavy (non-hydrogen) atoms. The first-order valence-corrected chi connectivity index (χ1v) is 5.34. The molecule has 0 saturated heterocycles. The Balaban J connectivity index is 3.03. The third-order valence-corrected chi connectivity index (χ3v) is 2.62. The molecule has 0 unspecified atom stereocenters. The molecule has 0 aliphatic rings. The molecule has 0 spiro atoms. The van der Waals surface area contributed by atoms with Crippen LogP contribution in [0.2, 0.25) is 0 Å². The van der Waals surface area contributed by atoms with E-state index in [-0.39, 0.29) is 17.9 Å². The Bertz CT molecular complexity index is 446. The Morgan fingerprint density at radius 3 is 2.56 bits per heavy atom. The van der Waals surface area contributed by atoms with Crippen molar-refractivity contribution in [1.82, 2.24) is 4.57 Å². The van der Waals surface area contributed by atoms with Crippen LogP contribution in [0.3, 0.4) is 0 Å². The summed E-state index contributed by atoms with van der Waals surface area (Å²) in [6.07, 6.45) is 0.288. The summed E-state index contributed by atoms with van der Waals surface area (Å²) in [5.41, 5.74) is 1.44. The van der Waals surface area contributed by atoms with Crippen molar-refractivity contribution in [3.05, 3.63) is 33.7 Å². The summed E-state index contributed by atoms with van der Waals surface area (Å²) in [5, 5.41) is 8.57. The fourth-order valence-electron chi connectivity index (χ4n) is 1.71. The van der Waals surface area contributed by atoms with Crippen LogP contribution in [0.25, 0.3) is 0 Å². The van der Waals surface area contributed by atoms with Crippen LogP contribution in [-0.4, -0.2) is 15.6 Å². The lowest BCUT2D eigenvalue weighted by atomic mass is 10.1. The van der Waals surface area contributed by atoms with Gasteiger partial charge in [0.1, 0.15) is 0 Å². The number of aromatic nitrogens is 1. The number of carboxylic acids is 1. The number of pyridine rings is 1. The average molecular weight is 223 g/mol. The van der Waals surface area contributed by atoms with Gasteiger partial charge < -0.3 is 9.67 Å². The van der Waals surface area contributed by atoms with E-state index < -0.39 is 5.97 Å². The Hall–Kier alpha value is -1.58. The highest BCUT2D eigenvalue weighted by atomic mass is 16.4. The second-order valence-corrected chi connectivity index (χ2v) is 4.20. The van der Waals surface area contributed by atoms with Gasteiger partial charge in [-0.15, -0.1) is 0 Å². The molecule has 88 valence electrons. The maximum absolute atomic E-state index is 11.9. The second kappa shape index (κ2) is 4.96. The summed E-state index contributed by atoms with van der Waals surface area (Å²) in [7, 11) is 1.72. The normalized spacial score (nSPS) is 10.8. The Labute approximate surface area is 94.5 Å². The molecule has 0 radical (unpaired) electrons. The van der Waals surface area contributed by atoms with Gasteiger partial charge in [-0.1, -0.05) is 19.9 Å². The van der Waals surface area contributed by atoms with Gasteiger partial charge in [-0.3, -0.25) is 9.59 Å². The van der Waals surface area contributed by atoms with Crippen LogP contribution < -0.4 is 5.56 Å². The minimum absolute atomic E-state index is 0.00371. The van der Waals surface area contributed by atoms with E-state index in [1.807, 2.05) is 19.9 Å². The lowest BCUT2D eigenvalue weighted by molar-refractivity contribution is -0.136. The van der Waals surface area contributed by atoms with Crippen LogP contribution in [0, 0.1) is 0 Å². The fraction of sp³-hybridized carbons (Fsp3) is 0.500. The average Bonchev–Trinajstić information content (AvgIpc) is 2.19. The van der Waals surface area contributed by atoms with Crippen molar-refractivity contribution in [2.24, 2.45) is 7.05 Å². The van der Waals surface area contributed by atoms with Crippen molar-refractivity contribution in [2.75, 3.05) is 0 Å². The van der Waals surface area contributed by atoms with Crippen molar-refractivity contribution in [3.8, 4) is 0 Å². The smallest absolute Gasteiger partial charge is 0.303 e. The maximum Gasteiger partial charge on any atom is 0.303 e. The van der Waals surface area contributed by atoms with Crippen LogP contribution in [0.15, 0.2) is 16.9 Å². The van der Waals surface area contributed by atoms with Gasteiger partial charge in [0.15, 0.2) is 0 Å². The number of aliphatic carboxylic acids is 1. The molecule has 0 aliphatic carbocycles. The van der Waals surface area contributed by atoms with Crippen molar-refractivity contribution in [3.63, 3.8) is 0 Å². The molecule has 1 aromatic rings. The van der Waals surface area contributed by atoms with Crippen molar-refractivity contribution in [1.29, 1.82) is 0 Å². The van der Waals surface area contributed by atoms with Gasteiger partial charge in [0.25, 0.3) is 5.56 Å². The van der Waals surface area contributed by atoms with Gasteiger partial charge in [-0.05, 0) is 18.4 Å². The van der Waals surface area contributed by atoms with Gasteiger partial charge in [0.05, 0.1) is 0 Å². The molecule has 4 nitrogen and oxygen atoms in total. The fourth-order valence-corrected chi connectivity index (χ4v) is 1.71. The molecule has 1 N–H and O–H groups in total. The predicted molar refractivity (Wildman–Crippen MR) is 61.7 cm³/mol. The number of carbonyl (C=O) groups is 1. The minimum atomic E-state index is -0.880. The van der Waals surface area contributed by atoms with Gasteiger partial charge >= 0.3 is 5.97 Å². The summed E-state index contributed by atoms with van der Waals surface area (Å²) >= 11 is 0. The SMILES string of the molecule is CC(C)c1ccc(CCC(=O)O)c(=O)n1C. The van der Waals surface area contributed by atoms with Crippen LogP contribution in [-0.2, 0) is 18.3 Å². The summed E-state index contributed by atoms with van der Waals surface area (Å²) in [5.74, 6) is -0.596. The molecule has 0 atom stereocenters. The van der Waals surface area contributed by atoms with E-state index in [9.17, 15) is 9.59 Å². The molecule has 0 fully saturated rings. The second-order valence-electron chi connectivity index (χ2n) is 4.20. The number of hydrogen-bond donors (Lipinski definition) is 1. The highest BCUT2D eigenvalue weighted by Gasteiger charge is 2.09. The predicted octanol–water partition coefficient (Wildman–Crippen LogP) is 1.53. The first-order valence-electron chi connectivity index (χ1n) is 5.34. The summed E-state index contributed by atoms with van der Waals surface area (Å²) in [6.45, 7) is 4.04. The zero-order valence-electron chi connectivity index (χ0n) is 9.86. The highest BCUT2D eigenvalue weighted by Crippen LogP contribution is 2.12. The standard InChI is InChI=1S/C12H17NO3/c1-8(2)10-6-4-9(5-7-11(14)15)12(16)13(10)3/h4,6,8H,5,7H2,1-3H3,(H,14,15). The quantitative estimate of drug-likeness (QED) is 0.842. The summed E-state index contributed by atoms with van der Waals surface area (Å²) in [4.78, 5) is 22.3. The molecule has 0 amide bonds. The van der Waals surface area contributed by atoms with E-state index in [1.165, 1.54) is 0 Å². The molecule has 4 heteroatoms. The first-order chi connectivity index (χ1) is 7.43. The molecule has 1 rings (SSSR count). The highest BCUT2D eigenvalue weighted by molar-refractivity contribution is 5.67. The lowest BCUT2D eigenvalue weighted by Crippen LogP contribution is -2.24. The number of rotatable bonds is 4. The van der Waals surface area contributed by atoms with Crippen LogP contribution in [0.1, 0.15) is 37.4 Å². The molecule has 1 aromatic heterocycles. The van der Waals surface area contributed by atoms with E-state index in [4.69, 9.17) is 5.11 Å². The van der Waals surface area contributed by atoms with E-state index in [2.05, 4.69) is 0 Å². The Kier molecular flexibility index (Phi) is 3.88. The van der Waals surface area contributed by atoms with Crippen LogP contribution in [0.5, 0.6) is 0 Å². The first kappa shape index (κ1) is 12.5. The molecular formula is C12H17NO3. The minimum Gasteiger partial charge on any atom is -0.481 e. The maximum atomic E-state index is 11.9. The Morgan fingerprint density at radius 1 is 1.44 bits per heavy atom. The van der Waals surface area contributed by atoms with Crippen LogP contribution >= 0.6 is 0 Å². The lowest BCUT2D eigenvalue weighted by Gasteiger charge is -2.12. The zero-order chi connectivity index (χ0) is 12.3. The third kappa shape index (κ3) is 2.72. The summed E-state index contributed by atoms with van der Waals surface area (Å²) in [6, 6.07) is 3.63. The largest absolute Gasteiger partial charge is 0.481 e. The number of aryl methyl sites for hydroxylation is 1. The summed E-state index contributed by atoms with van der Waals surface area (Å²) < 4.78 is 1.60. The Morgan fingerprint density at radius 2 is 2.06 bits per heavy atom. The van der Waals surface area contributed by atoms with Crippen LogP contribution in [0.4, 0.5) is 0 Å². The van der Waals surface area contributed by atoms with E-state index in [0.29, 0.717) is 12.0 Å².